The zero-order valence-electron chi connectivity index (χ0n) is 7.60. The van der Waals surface area contributed by atoms with Crippen LogP contribution in [0.25, 0.3) is 0 Å². The third-order valence-electron chi connectivity index (χ3n) is 1.81. The predicted octanol–water partition coefficient (Wildman–Crippen LogP) is 1.61. The molecule has 0 saturated carbocycles. The first-order valence-corrected chi connectivity index (χ1v) is 4.14. The molecule has 2 rings (SSSR count). The maximum absolute atomic E-state index is 11.7. The Bertz CT molecular complexity index is 432. The molecule has 0 fully saturated rings. The number of carbonyl (C=O) groups excluding carboxylic acids is 1. The Kier molecular flexibility index (Phi) is 2.10. The molecule has 4 nitrogen and oxygen atoms in total. The van der Waals surface area contributed by atoms with Gasteiger partial charge >= 0.3 is 0 Å². The zero-order chi connectivity index (χ0) is 9.97. The largest absolute Gasteiger partial charge is 0.472 e. The van der Waals surface area contributed by atoms with Crippen molar-refractivity contribution in [2.24, 2.45) is 0 Å². The maximum atomic E-state index is 11.7. The molecule has 0 bridgehead atoms. The minimum absolute atomic E-state index is 0.175. The lowest BCUT2D eigenvalue weighted by atomic mass is 10.1. The number of hydrogen-bond acceptors (Lipinski definition) is 4. The van der Waals surface area contributed by atoms with Crippen molar-refractivity contribution in [1.29, 1.82) is 0 Å². The van der Waals surface area contributed by atoms with E-state index in [1.807, 2.05) is 6.92 Å². The smallest absolute Gasteiger partial charge is 0.216 e. The van der Waals surface area contributed by atoms with Crippen molar-refractivity contribution in [3.8, 4) is 0 Å². The maximum Gasteiger partial charge on any atom is 0.216 e. The quantitative estimate of drug-likeness (QED) is 0.672. The van der Waals surface area contributed by atoms with Crippen molar-refractivity contribution >= 4 is 5.78 Å². The number of nitrogens with zero attached hydrogens (tertiary/aromatic N) is 2. The van der Waals surface area contributed by atoms with Gasteiger partial charge in [0.05, 0.1) is 17.5 Å². The number of carbonyl (C=O) groups is 1. The van der Waals surface area contributed by atoms with E-state index in [1.54, 1.807) is 18.2 Å². The summed E-state index contributed by atoms with van der Waals surface area (Å²) in [5.41, 5.74) is 1.61. The minimum Gasteiger partial charge on any atom is -0.472 e. The van der Waals surface area contributed by atoms with Gasteiger partial charge in [-0.2, -0.15) is 5.10 Å². The van der Waals surface area contributed by atoms with E-state index in [1.165, 1.54) is 12.5 Å². The number of rotatable bonds is 2. The molecule has 2 aromatic rings. The van der Waals surface area contributed by atoms with Gasteiger partial charge in [-0.15, -0.1) is 5.10 Å². The summed E-state index contributed by atoms with van der Waals surface area (Å²) < 4.78 is 4.81. The molecule has 2 heterocycles. The van der Waals surface area contributed by atoms with Crippen LogP contribution in [0.3, 0.4) is 0 Å². The predicted molar refractivity (Wildman–Crippen MR) is 48.9 cm³/mol. The highest BCUT2D eigenvalue weighted by Gasteiger charge is 2.11. The summed E-state index contributed by atoms with van der Waals surface area (Å²) in [5.74, 6) is -0.175. The second-order valence-corrected chi connectivity index (χ2v) is 2.90. The molecule has 2 aromatic heterocycles. The molecule has 0 amide bonds. The molecule has 4 heteroatoms. The summed E-state index contributed by atoms with van der Waals surface area (Å²) in [7, 11) is 0. The third kappa shape index (κ3) is 1.54. The summed E-state index contributed by atoms with van der Waals surface area (Å²) in [6, 6.07) is 5.00. The molecule has 0 aliphatic heterocycles. The van der Waals surface area contributed by atoms with E-state index in [2.05, 4.69) is 10.2 Å². The minimum atomic E-state index is -0.175. The second-order valence-electron chi connectivity index (χ2n) is 2.90. The van der Waals surface area contributed by atoms with Gasteiger partial charge in [0, 0.05) is 0 Å². The lowest BCUT2D eigenvalue weighted by molar-refractivity contribution is 0.103. The number of aryl methyl sites for hydroxylation is 1. The van der Waals surface area contributed by atoms with Crippen LogP contribution in [0.15, 0.2) is 35.1 Å². The fourth-order valence-corrected chi connectivity index (χ4v) is 1.06. The Labute approximate surface area is 80.6 Å². The van der Waals surface area contributed by atoms with E-state index in [-0.39, 0.29) is 5.78 Å². The monoisotopic (exact) mass is 188 g/mol. The highest BCUT2D eigenvalue weighted by atomic mass is 16.3. The molecule has 0 aliphatic carbocycles. The molecule has 0 radical (unpaired) electrons. The molecule has 70 valence electrons. The summed E-state index contributed by atoms with van der Waals surface area (Å²) in [5, 5.41) is 7.60. The van der Waals surface area contributed by atoms with Gasteiger partial charge in [0.1, 0.15) is 12.0 Å². The first kappa shape index (κ1) is 8.62. The van der Waals surface area contributed by atoms with Crippen LogP contribution in [0.1, 0.15) is 21.7 Å². The highest BCUT2D eigenvalue weighted by molar-refractivity contribution is 6.07. The lowest BCUT2D eigenvalue weighted by Crippen LogP contribution is -2.04. The Morgan fingerprint density at radius 1 is 1.29 bits per heavy atom. The van der Waals surface area contributed by atoms with Crippen LogP contribution in [0.2, 0.25) is 0 Å². The van der Waals surface area contributed by atoms with Crippen LogP contribution in [-0.4, -0.2) is 16.0 Å². The van der Waals surface area contributed by atoms with Crippen molar-refractivity contribution in [3.63, 3.8) is 0 Å². The number of hydrogen-bond donors (Lipinski definition) is 0. The average Bonchev–Trinajstić information content (AvgIpc) is 2.71. The molecule has 0 unspecified atom stereocenters. The standard InChI is InChI=1S/C10H8N2O2/c1-7-2-3-9(12-11-7)10(13)8-4-5-14-6-8/h2-6H,1H3. The topological polar surface area (TPSA) is 56.0 Å². The molecular formula is C10H8N2O2. The van der Waals surface area contributed by atoms with Gasteiger partial charge in [0.25, 0.3) is 0 Å². The SMILES string of the molecule is Cc1ccc(C(=O)c2ccoc2)nn1. The molecular weight excluding hydrogens is 180 g/mol. The van der Waals surface area contributed by atoms with Gasteiger partial charge in [0.2, 0.25) is 5.78 Å². The molecule has 0 aromatic carbocycles. The van der Waals surface area contributed by atoms with E-state index >= 15 is 0 Å². The van der Waals surface area contributed by atoms with Gasteiger partial charge in [-0.3, -0.25) is 4.79 Å². The van der Waals surface area contributed by atoms with Gasteiger partial charge < -0.3 is 4.42 Å². The van der Waals surface area contributed by atoms with Crippen LogP contribution >= 0.6 is 0 Å². The van der Waals surface area contributed by atoms with Crippen molar-refractivity contribution in [2.75, 3.05) is 0 Å². The number of aromatic nitrogens is 2. The molecule has 0 aliphatic rings. The normalized spacial score (nSPS) is 10.1. The Balaban J connectivity index is 2.33. The van der Waals surface area contributed by atoms with E-state index < -0.39 is 0 Å². The van der Waals surface area contributed by atoms with Gasteiger partial charge in [-0.1, -0.05) is 0 Å². The summed E-state index contributed by atoms with van der Waals surface area (Å²) in [6.45, 7) is 1.82. The Hall–Kier alpha value is -1.97. The van der Waals surface area contributed by atoms with Crippen molar-refractivity contribution in [2.45, 2.75) is 6.92 Å². The Morgan fingerprint density at radius 3 is 2.71 bits per heavy atom. The number of ketones is 1. The highest BCUT2D eigenvalue weighted by Crippen LogP contribution is 2.07. The van der Waals surface area contributed by atoms with E-state index in [0.717, 1.165) is 5.69 Å². The molecule has 14 heavy (non-hydrogen) atoms. The fourth-order valence-electron chi connectivity index (χ4n) is 1.06. The average molecular weight is 188 g/mol. The van der Waals surface area contributed by atoms with Crippen LogP contribution in [0.5, 0.6) is 0 Å². The van der Waals surface area contributed by atoms with Crippen LogP contribution in [0.4, 0.5) is 0 Å². The van der Waals surface area contributed by atoms with Crippen LogP contribution < -0.4 is 0 Å². The van der Waals surface area contributed by atoms with E-state index in [0.29, 0.717) is 11.3 Å². The van der Waals surface area contributed by atoms with Crippen molar-refractivity contribution in [1.82, 2.24) is 10.2 Å². The fraction of sp³-hybridized carbons (Fsp3) is 0.100. The molecule has 0 saturated heterocycles. The summed E-state index contributed by atoms with van der Waals surface area (Å²) >= 11 is 0. The zero-order valence-corrected chi connectivity index (χ0v) is 7.60. The third-order valence-corrected chi connectivity index (χ3v) is 1.81. The lowest BCUT2D eigenvalue weighted by Gasteiger charge is -1.95. The van der Waals surface area contributed by atoms with Gasteiger partial charge in [-0.25, -0.2) is 0 Å². The first-order chi connectivity index (χ1) is 6.77. The van der Waals surface area contributed by atoms with E-state index in [9.17, 15) is 4.79 Å². The first-order valence-electron chi connectivity index (χ1n) is 4.14. The Morgan fingerprint density at radius 2 is 2.14 bits per heavy atom. The van der Waals surface area contributed by atoms with Crippen molar-refractivity contribution in [3.05, 3.63) is 47.7 Å². The summed E-state index contributed by atoms with van der Waals surface area (Å²) in [4.78, 5) is 11.7. The van der Waals surface area contributed by atoms with Gasteiger partial charge in [-0.05, 0) is 25.1 Å². The van der Waals surface area contributed by atoms with Crippen molar-refractivity contribution < 1.29 is 9.21 Å². The van der Waals surface area contributed by atoms with Crippen LogP contribution in [0, 0.1) is 6.92 Å². The molecule has 0 spiro atoms. The van der Waals surface area contributed by atoms with Gasteiger partial charge in [0.15, 0.2) is 0 Å². The molecule has 0 atom stereocenters. The van der Waals surface area contributed by atoms with E-state index in [4.69, 9.17) is 4.42 Å². The second kappa shape index (κ2) is 3.41. The summed E-state index contributed by atoms with van der Waals surface area (Å²) in [6.07, 6.45) is 2.85. The number of furan rings is 1. The van der Waals surface area contributed by atoms with Crippen LogP contribution in [-0.2, 0) is 0 Å². The molecule has 0 N–H and O–H groups in total.